The fraction of sp³-hybridized carbons (Fsp3) is 0.625. The van der Waals surface area contributed by atoms with Crippen molar-refractivity contribution in [3.05, 3.63) is 23.9 Å². The van der Waals surface area contributed by atoms with E-state index in [0.29, 0.717) is 0 Å². The van der Waals surface area contributed by atoms with Gasteiger partial charge in [-0.1, -0.05) is 18.9 Å². The zero-order valence-corrected chi connectivity index (χ0v) is 12.6. The number of hydrogen-bond acceptors (Lipinski definition) is 5. The van der Waals surface area contributed by atoms with E-state index in [2.05, 4.69) is 37.6 Å². The summed E-state index contributed by atoms with van der Waals surface area (Å²) in [7, 11) is 0. The number of nitrogens with zero attached hydrogens (tertiary/aromatic N) is 3. The maximum absolute atomic E-state index is 4.63. The molecule has 2 aliphatic rings. The second kappa shape index (κ2) is 7.29. The highest BCUT2D eigenvalue weighted by Crippen LogP contribution is 2.17. The molecule has 5 heteroatoms. The number of rotatable bonds is 3. The molecule has 1 saturated heterocycles. The van der Waals surface area contributed by atoms with Crippen LogP contribution in [-0.2, 0) is 6.54 Å². The van der Waals surface area contributed by atoms with Gasteiger partial charge in [0, 0.05) is 38.9 Å². The van der Waals surface area contributed by atoms with Crippen LogP contribution in [0.5, 0.6) is 0 Å². The molecule has 3 heterocycles. The SMILES string of the molecule is c1cc(N2CCCCCC2)ncc1CNC1=NCCCN1. The number of nitrogens with one attached hydrogen (secondary N) is 2. The molecule has 5 nitrogen and oxygen atoms in total. The van der Waals surface area contributed by atoms with E-state index in [1.165, 1.54) is 31.2 Å². The van der Waals surface area contributed by atoms with Crippen LogP contribution >= 0.6 is 0 Å². The third kappa shape index (κ3) is 4.09. The van der Waals surface area contributed by atoms with Crippen molar-refractivity contribution in [2.24, 2.45) is 4.99 Å². The molecule has 114 valence electrons. The molecule has 0 amide bonds. The van der Waals surface area contributed by atoms with Crippen molar-refractivity contribution in [3.63, 3.8) is 0 Å². The Hall–Kier alpha value is -1.78. The lowest BCUT2D eigenvalue weighted by Gasteiger charge is -2.21. The van der Waals surface area contributed by atoms with Crippen LogP contribution in [0.25, 0.3) is 0 Å². The third-order valence-corrected chi connectivity index (χ3v) is 4.10. The molecule has 0 saturated carbocycles. The van der Waals surface area contributed by atoms with Gasteiger partial charge in [-0.25, -0.2) is 4.98 Å². The van der Waals surface area contributed by atoms with E-state index in [1.54, 1.807) is 0 Å². The van der Waals surface area contributed by atoms with Crippen molar-refractivity contribution in [1.29, 1.82) is 0 Å². The molecule has 21 heavy (non-hydrogen) atoms. The number of pyridine rings is 1. The van der Waals surface area contributed by atoms with Gasteiger partial charge in [0.15, 0.2) is 5.96 Å². The van der Waals surface area contributed by atoms with Gasteiger partial charge in [-0.2, -0.15) is 0 Å². The Morgan fingerprint density at radius 2 is 1.95 bits per heavy atom. The molecule has 0 aromatic carbocycles. The normalized spacial score (nSPS) is 19.4. The summed E-state index contributed by atoms with van der Waals surface area (Å²) in [5, 5.41) is 6.60. The highest BCUT2D eigenvalue weighted by Gasteiger charge is 2.10. The number of hydrogen-bond donors (Lipinski definition) is 2. The molecule has 0 atom stereocenters. The van der Waals surface area contributed by atoms with Gasteiger partial charge in [-0.05, 0) is 30.9 Å². The Morgan fingerprint density at radius 1 is 1.10 bits per heavy atom. The fourth-order valence-corrected chi connectivity index (χ4v) is 2.84. The van der Waals surface area contributed by atoms with Gasteiger partial charge in [0.05, 0.1) is 0 Å². The number of anilines is 1. The summed E-state index contributed by atoms with van der Waals surface area (Å²) in [5.41, 5.74) is 1.20. The van der Waals surface area contributed by atoms with E-state index in [0.717, 1.165) is 50.9 Å². The Labute approximate surface area is 126 Å². The molecular weight excluding hydrogens is 262 g/mol. The Morgan fingerprint density at radius 3 is 2.62 bits per heavy atom. The molecule has 0 bridgehead atoms. The second-order valence-electron chi connectivity index (χ2n) is 5.79. The maximum Gasteiger partial charge on any atom is 0.191 e. The lowest BCUT2D eigenvalue weighted by molar-refractivity contribution is 0.701. The molecular formula is C16H25N5. The smallest absolute Gasteiger partial charge is 0.191 e. The average Bonchev–Trinajstić information content (AvgIpc) is 2.84. The van der Waals surface area contributed by atoms with Crippen LogP contribution in [0.3, 0.4) is 0 Å². The van der Waals surface area contributed by atoms with Crippen LogP contribution in [0.1, 0.15) is 37.7 Å². The zero-order chi connectivity index (χ0) is 14.3. The largest absolute Gasteiger partial charge is 0.357 e. The van der Waals surface area contributed by atoms with Gasteiger partial charge in [0.2, 0.25) is 0 Å². The van der Waals surface area contributed by atoms with Crippen LogP contribution in [-0.4, -0.2) is 37.1 Å². The second-order valence-corrected chi connectivity index (χ2v) is 5.79. The third-order valence-electron chi connectivity index (χ3n) is 4.10. The summed E-state index contributed by atoms with van der Waals surface area (Å²) in [6.07, 6.45) is 8.39. The Balaban J connectivity index is 1.54. The molecule has 1 aromatic rings. The van der Waals surface area contributed by atoms with Crippen LogP contribution in [0.15, 0.2) is 23.3 Å². The highest BCUT2D eigenvalue weighted by atomic mass is 15.2. The van der Waals surface area contributed by atoms with Crippen molar-refractivity contribution in [1.82, 2.24) is 15.6 Å². The molecule has 0 spiro atoms. The van der Waals surface area contributed by atoms with E-state index in [1.807, 2.05) is 6.20 Å². The van der Waals surface area contributed by atoms with Gasteiger partial charge in [-0.15, -0.1) is 0 Å². The summed E-state index contributed by atoms with van der Waals surface area (Å²) in [4.78, 5) is 11.5. The first-order valence-electron chi connectivity index (χ1n) is 8.14. The lowest BCUT2D eigenvalue weighted by atomic mass is 10.2. The first-order valence-corrected chi connectivity index (χ1v) is 8.14. The molecule has 1 aromatic heterocycles. The number of aliphatic imine (C=N–C) groups is 1. The van der Waals surface area contributed by atoms with Gasteiger partial charge in [0.1, 0.15) is 5.82 Å². The predicted octanol–water partition coefficient (Wildman–Crippen LogP) is 1.90. The Bertz CT molecular complexity index is 460. The number of guanidine groups is 1. The van der Waals surface area contributed by atoms with Crippen LogP contribution in [0, 0.1) is 0 Å². The summed E-state index contributed by atoms with van der Waals surface area (Å²) in [6.45, 7) is 5.00. The van der Waals surface area contributed by atoms with Crippen molar-refractivity contribution < 1.29 is 0 Å². The van der Waals surface area contributed by atoms with Crippen LogP contribution in [0.2, 0.25) is 0 Å². The van der Waals surface area contributed by atoms with E-state index < -0.39 is 0 Å². The quantitative estimate of drug-likeness (QED) is 0.891. The van der Waals surface area contributed by atoms with Gasteiger partial charge >= 0.3 is 0 Å². The standard InChI is InChI=1S/C16H25N5/c1-2-4-11-21(10-3-1)15-7-6-14(12-19-15)13-20-16-17-8-5-9-18-16/h6-7,12H,1-5,8-11,13H2,(H2,17,18,20). The average molecular weight is 287 g/mol. The minimum Gasteiger partial charge on any atom is -0.357 e. The van der Waals surface area contributed by atoms with E-state index in [9.17, 15) is 0 Å². The summed E-state index contributed by atoms with van der Waals surface area (Å²) < 4.78 is 0. The molecule has 0 unspecified atom stereocenters. The van der Waals surface area contributed by atoms with Crippen LogP contribution < -0.4 is 15.5 Å². The van der Waals surface area contributed by atoms with E-state index >= 15 is 0 Å². The maximum atomic E-state index is 4.63. The molecule has 0 aliphatic carbocycles. The minimum absolute atomic E-state index is 0.777. The van der Waals surface area contributed by atoms with Gasteiger partial charge in [0.25, 0.3) is 0 Å². The van der Waals surface area contributed by atoms with Gasteiger partial charge < -0.3 is 15.5 Å². The molecule has 2 aliphatic heterocycles. The topological polar surface area (TPSA) is 52.6 Å². The Kier molecular flexibility index (Phi) is 4.92. The fourth-order valence-electron chi connectivity index (χ4n) is 2.84. The lowest BCUT2D eigenvalue weighted by Crippen LogP contribution is -2.40. The van der Waals surface area contributed by atoms with E-state index in [4.69, 9.17) is 0 Å². The highest BCUT2D eigenvalue weighted by molar-refractivity contribution is 5.80. The molecule has 0 radical (unpaired) electrons. The number of aromatic nitrogens is 1. The van der Waals surface area contributed by atoms with Crippen LogP contribution in [0.4, 0.5) is 5.82 Å². The van der Waals surface area contributed by atoms with Gasteiger partial charge in [-0.3, -0.25) is 4.99 Å². The minimum atomic E-state index is 0.777. The summed E-state index contributed by atoms with van der Waals surface area (Å²) >= 11 is 0. The van der Waals surface area contributed by atoms with Crippen molar-refractivity contribution in [2.45, 2.75) is 38.6 Å². The first-order chi connectivity index (χ1) is 10.4. The summed E-state index contributed by atoms with van der Waals surface area (Å²) in [5.74, 6) is 2.03. The molecule has 3 rings (SSSR count). The summed E-state index contributed by atoms with van der Waals surface area (Å²) in [6, 6.07) is 4.32. The van der Waals surface area contributed by atoms with Crippen molar-refractivity contribution in [2.75, 3.05) is 31.1 Å². The molecule has 1 fully saturated rings. The molecule has 2 N–H and O–H groups in total. The van der Waals surface area contributed by atoms with Crippen molar-refractivity contribution in [3.8, 4) is 0 Å². The first kappa shape index (κ1) is 14.2. The van der Waals surface area contributed by atoms with E-state index in [-0.39, 0.29) is 0 Å². The van der Waals surface area contributed by atoms with Crippen molar-refractivity contribution >= 4 is 11.8 Å². The predicted molar refractivity (Wildman–Crippen MR) is 86.7 cm³/mol. The monoisotopic (exact) mass is 287 g/mol. The zero-order valence-electron chi connectivity index (χ0n) is 12.6.